The highest BCUT2D eigenvalue weighted by Crippen LogP contribution is 2.24. The van der Waals surface area contributed by atoms with Crippen LogP contribution in [0.15, 0.2) is 18.2 Å². The molecule has 2 heterocycles. The van der Waals surface area contributed by atoms with Crippen LogP contribution >= 0.6 is 23.2 Å². The van der Waals surface area contributed by atoms with E-state index in [2.05, 4.69) is 10.2 Å². The number of rotatable bonds is 4. The number of amides is 1. The van der Waals surface area contributed by atoms with Crippen LogP contribution in [0.1, 0.15) is 6.42 Å². The largest absolute Gasteiger partial charge is 0.484 e. The second kappa shape index (κ2) is 7.71. The van der Waals surface area contributed by atoms with Crippen LogP contribution in [0.2, 0.25) is 10.0 Å². The summed E-state index contributed by atoms with van der Waals surface area (Å²) < 4.78 is 5.54. The fraction of sp³-hybridized carbons (Fsp3) is 0.562. The van der Waals surface area contributed by atoms with E-state index in [1.54, 1.807) is 18.2 Å². The van der Waals surface area contributed by atoms with Gasteiger partial charge in [-0.25, -0.2) is 0 Å². The molecule has 23 heavy (non-hydrogen) atoms. The SMILES string of the molecule is O=C(COc1cc(Cl)cc(Cl)c1)N1CCC(N2CCNCC2)C1. The minimum Gasteiger partial charge on any atom is -0.484 e. The lowest BCUT2D eigenvalue weighted by atomic mass is 10.2. The summed E-state index contributed by atoms with van der Waals surface area (Å²) in [5, 5.41) is 4.36. The van der Waals surface area contributed by atoms with Crippen molar-refractivity contribution in [3.8, 4) is 5.75 Å². The fourth-order valence-corrected chi connectivity index (χ4v) is 3.67. The molecule has 1 amide bonds. The fourth-order valence-electron chi connectivity index (χ4n) is 3.16. The summed E-state index contributed by atoms with van der Waals surface area (Å²) in [5.74, 6) is 0.535. The molecule has 0 radical (unpaired) electrons. The van der Waals surface area contributed by atoms with Crippen molar-refractivity contribution in [2.75, 3.05) is 45.9 Å². The number of carbonyl (C=O) groups is 1. The standard InChI is InChI=1S/C16H21Cl2N3O2/c17-12-7-13(18)9-15(8-12)23-11-16(22)21-4-1-14(10-21)20-5-2-19-3-6-20/h7-9,14,19H,1-6,10-11H2. The quantitative estimate of drug-likeness (QED) is 0.893. The first-order chi connectivity index (χ1) is 11.1. The highest BCUT2D eigenvalue weighted by atomic mass is 35.5. The molecule has 2 saturated heterocycles. The van der Waals surface area contributed by atoms with Gasteiger partial charge in [-0.3, -0.25) is 9.69 Å². The van der Waals surface area contributed by atoms with Crippen LogP contribution in [0.25, 0.3) is 0 Å². The number of nitrogens with one attached hydrogen (secondary N) is 1. The van der Waals surface area contributed by atoms with Gasteiger partial charge in [-0.05, 0) is 24.6 Å². The van der Waals surface area contributed by atoms with Crippen molar-refractivity contribution < 1.29 is 9.53 Å². The van der Waals surface area contributed by atoms with E-state index >= 15 is 0 Å². The van der Waals surface area contributed by atoms with Gasteiger partial charge in [0, 0.05) is 55.4 Å². The number of nitrogens with zero attached hydrogens (tertiary/aromatic N) is 2. The zero-order chi connectivity index (χ0) is 16.2. The van der Waals surface area contributed by atoms with Crippen molar-refractivity contribution in [3.63, 3.8) is 0 Å². The maximum Gasteiger partial charge on any atom is 0.260 e. The average molecular weight is 358 g/mol. The molecule has 1 aromatic carbocycles. The topological polar surface area (TPSA) is 44.8 Å². The zero-order valence-corrected chi connectivity index (χ0v) is 14.4. The van der Waals surface area contributed by atoms with Crippen molar-refractivity contribution in [2.45, 2.75) is 12.5 Å². The predicted molar refractivity (Wildman–Crippen MR) is 91.4 cm³/mol. The third kappa shape index (κ3) is 4.51. The molecule has 0 spiro atoms. The number of ether oxygens (including phenoxy) is 1. The Hall–Kier alpha value is -1.01. The van der Waals surface area contributed by atoms with Crippen molar-refractivity contribution in [3.05, 3.63) is 28.2 Å². The first-order valence-electron chi connectivity index (χ1n) is 7.93. The van der Waals surface area contributed by atoms with Gasteiger partial charge in [0.05, 0.1) is 0 Å². The number of likely N-dealkylation sites (tertiary alicyclic amines) is 1. The van der Waals surface area contributed by atoms with E-state index in [4.69, 9.17) is 27.9 Å². The molecule has 5 nitrogen and oxygen atoms in total. The lowest BCUT2D eigenvalue weighted by molar-refractivity contribution is -0.132. The highest BCUT2D eigenvalue weighted by Gasteiger charge is 2.30. The second-order valence-electron chi connectivity index (χ2n) is 5.96. The molecule has 1 aromatic rings. The molecule has 1 atom stereocenters. The third-order valence-corrected chi connectivity index (χ3v) is 4.82. The molecule has 0 aliphatic carbocycles. The molecular formula is C16H21Cl2N3O2. The molecule has 0 bridgehead atoms. The van der Waals surface area contributed by atoms with Crippen LogP contribution in [0.3, 0.4) is 0 Å². The highest BCUT2D eigenvalue weighted by molar-refractivity contribution is 6.34. The van der Waals surface area contributed by atoms with E-state index < -0.39 is 0 Å². The van der Waals surface area contributed by atoms with Crippen molar-refractivity contribution in [2.24, 2.45) is 0 Å². The summed E-state index contributed by atoms with van der Waals surface area (Å²) in [5.41, 5.74) is 0. The molecule has 2 aliphatic rings. The number of carbonyl (C=O) groups excluding carboxylic acids is 1. The predicted octanol–water partition coefficient (Wildman–Crippen LogP) is 1.88. The van der Waals surface area contributed by atoms with Gasteiger partial charge in [-0.1, -0.05) is 23.2 Å². The Morgan fingerprint density at radius 3 is 2.57 bits per heavy atom. The Balaban J connectivity index is 1.49. The summed E-state index contributed by atoms with van der Waals surface area (Å²) in [6.45, 7) is 5.79. The van der Waals surface area contributed by atoms with Crippen LogP contribution < -0.4 is 10.1 Å². The maximum atomic E-state index is 12.3. The zero-order valence-electron chi connectivity index (χ0n) is 12.9. The summed E-state index contributed by atoms with van der Waals surface area (Å²) in [4.78, 5) is 16.7. The van der Waals surface area contributed by atoms with Gasteiger partial charge < -0.3 is 15.0 Å². The van der Waals surface area contributed by atoms with Crippen molar-refractivity contribution in [1.29, 1.82) is 0 Å². The first kappa shape index (κ1) is 16.8. The monoisotopic (exact) mass is 357 g/mol. The number of hydrogen-bond donors (Lipinski definition) is 1. The third-order valence-electron chi connectivity index (χ3n) is 4.38. The molecule has 126 valence electrons. The molecule has 7 heteroatoms. The minimum atomic E-state index is 0.0127. The maximum absolute atomic E-state index is 12.3. The second-order valence-corrected chi connectivity index (χ2v) is 6.83. The summed E-state index contributed by atoms with van der Waals surface area (Å²) in [6.07, 6.45) is 1.04. The average Bonchev–Trinajstić information content (AvgIpc) is 3.03. The van der Waals surface area contributed by atoms with Crippen molar-refractivity contribution >= 4 is 29.1 Å². The van der Waals surface area contributed by atoms with E-state index in [9.17, 15) is 4.79 Å². The first-order valence-corrected chi connectivity index (χ1v) is 8.69. The van der Waals surface area contributed by atoms with E-state index in [1.807, 2.05) is 4.90 Å². The Bertz CT molecular complexity index is 544. The van der Waals surface area contributed by atoms with Crippen LogP contribution in [-0.4, -0.2) is 67.6 Å². The van der Waals surface area contributed by atoms with Gasteiger partial charge in [0.2, 0.25) is 0 Å². The van der Waals surface area contributed by atoms with Crippen molar-refractivity contribution in [1.82, 2.24) is 15.1 Å². The van der Waals surface area contributed by atoms with Gasteiger partial charge in [-0.15, -0.1) is 0 Å². The number of piperazine rings is 1. The van der Waals surface area contributed by atoms with Crippen LogP contribution in [0, 0.1) is 0 Å². The molecule has 3 rings (SSSR count). The summed E-state index contributed by atoms with van der Waals surface area (Å²) >= 11 is 11.9. The lowest BCUT2D eigenvalue weighted by Crippen LogP contribution is -2.49. The molecule has 0 saturated carbocycles. The summed E-state index contributed by atoms with van der Waals surface area (Å²) in [6, 6.07) is 5.43. The number of benzene rings is 1. The van der Waals surface area contributed by atoms with Crippen LogP contribution in [0.5, 0.6) is 5.75 Å². The molecule has 0 aromatic heterocycles. The molecular weight excluding hydrogens is 337 g/mol. The molecule has 2 aliphatic heterocycles. The molecule has 1 N–H and O–H groups in total. The number of hydrogen-bond acceptors (Lipinski definition) is 4. The smallest absolute Gasteiger partial charge is 0.260 e. The van der Waals surface area contributed by atoms with Gasteiger partial charge in [0.25, 0.3) is 5.91 Å². The van der Waals surface area contributed by atoms with Crippen LogP contribution in [0.4, 0.5) is 0 Å². The Kier molecular flexibility index (Phi) is 5.64. The molecule has 1 unspecified atom stereocenters. The van der Waals surface area contributed by atoms with Crippen LogP contribution in [-0.2, 0) is 4.79 Å². The van der Waals surface area contributed by atoms with Gasteiger partial charge in [0.1, 0.15) is 5.75 Å². The van der Waals surface area contributed by atoms with Gasteiger partial charge in [0.15, 0.2) is 6.61 Å². The van der Waals surface area contributed by atoms with Gasteiger partial charge >= 0.3 is 0 Å². The Labute approximate surface area is 146 Å². The normalized spacial score (nSPS) is 22.3. The lowest BCUT2D eigenvalue weighted by Gasteiger charge is -2.32. The minimum absolute atomic E-state index is 0.0127. The van der Waals surface area contributed by atoms with E-state index in [0.717, 1.165) is 45.7 Å². The number of halogens is 2. The Morgan fingerprint density at radius 2 is 1.87 bits per heavy atom. The molecule has 2 fully saturated rings. The van der Waals surface area contributed by atoms with E-state index in [0.29, 0.717) is 21.8 Å². The Morgan fingerprint density at radius 1 is 1.17 bits per heavy atom. The van der Waals surface area contributed by atoms with E-state index in [1.165, 1.54) is 0 Å². The summed E-state index contributed by atoms with van der Waals surface area (Å²) in [7, 11) is 0. The van der Waals surface area contributed by atoms with E-state index in [-0.39, 0.29) is 12.5 Å². The van der Waals surface area contributed by atoms with Gasteiger partial charge in [-0.2, -0.15) is 0 Å².